The molecule has 2 heterocycles. The van der Waals surface area contributed by atoms with Gasteiger partial charge in [0.05, 0.1) is 10.8 Å². The van der Waals surface area contributed by atoms with Crippen molar-refractivity contribution in [3.63, 3.8) is 0 Å². The fourth-order valence-corrected chi connectivity index (χ4v) is 12.1. The molecular formula is C69H54N2O2. The highest BCUT2D eigenvalue weighted by molar-refractivity contribution is 5.87. The molecule has 0 fully saturated rings. The maximum Gasteiger partial charge on any atom is 0.149 e. The summed E-state index contributed by atoms with van der Waals surface area (Å²) in [4.78, 5) is 9.36. The molecule has 0 N–H and O–H groups in total. The Hall–Kier alpha value is -8.70. The van der Waals surface area contributed by atoms with Gasteiger partial charge in [-0.05, 0) is 194 Å². The molecule has 10 aromatic rings. The van der Waals surface area contributed by atoms with Crippen LogP contribution in [0.1, 0.15) is 91.7 Å². The van der Waals surface area contributed by atoms with Crippen molar-refractivity contribution in [1.82, 2.24) is 9.97 Å². The Morgan fingerprint density at radius 1 is 0.397 bits per heavy atom. The fourth-order valence-electron chi connectivity index (χ4n) is 12.1. The number of aromatic nitrogens is 2. The molecule has 2 atom stereocenters. The molecule has 12 rings (SSSR count). The fraction of sp³-hybridized carbons (Fsp3) is 0.159. The number of pyridine rings is 2. The van der Waals surface area contributed by atoms with Crippen molar-refractivity contribution >= 4 is 21.5 Å². The Kier molecular flexibility index (Phi) is 12.1. The van der Waals surface area contributed by atoms with Gasteiger partial charge in [-0.2, -0.15) is 0 Å². The van der Waals surface area contributed by atoms with Crippen LogP contribution in [0.2, 0.25) is 0 Å². The van der Waals surface area contributed by atoms with Crippen LogP contribution in [0, 0.1) is 23.7 Å². The number of rotatable bonds is 10. The van der Waals surface area contributed by atoms with Gasteiger partial charge in [0.1, 0.15) is 24.7 Å². The van der Waals surface area contributed by atoms with Crippen LogP contribution in [-0.2, 0) is 42.9 Å². The van der Waals surface area contributed by atoms with Gasteiger partial charge in [0.25, 0.3) is 0 Å². The number of nitrogens with zero attached hydrogens (tertiary/aromatic N) is 2. The van der Waals surface area contributed by atoms with Gasteiger partial charge < -0.3 is 9.47 Å². The zero-order chi connectivity index (χ0) is 49.2. The average molecular weight is 943 g/mol. The van der Waals surface area contributed by atoms with Crippen LogP contribution < -0.4 is 9.47 Å². The Labute approximate surface area is 428 Å². The summed E-state index contributed by atoms with van der Waals surface area (Å²) < 4.78 is 12.0. The molecule has 0 aliphatic heterocycles. The summed E-state index contributed by atoms with van der Waals surface area (Å²) in [5, 5.41) is 4.59. The third-order valence-corrected chi connectivity index (χ3v) is 15.4. The van der Waals surface area contributed by atoms with E-state index in [1.54, 1.807) is 0 Å². The standard InChI is InChI=1S/C69H54N2O2/c1-3-5-39-72-62-33-25-52-42-60(31-23-54(52)44-62)68(64-13-9-7-11-50(64)19-21-56-46-70-37-35-66(56)68)58-27-15-48(16-28-58)41-49-17-29-59(30-18-49)69(61-32-24-55-45-63(73-40-6-4-2)34-26-53(55)43-61)65-14-10-8-12-51(65)20-22-57-47-71-38-36-67(57)69/h7-18,23-38,42-47H,19-22,39-41H2,1-2H3. The van der Waals surface area contributed by atoms with E-state index in [1.807, 2.05) is 26.2 Å². The van der Waals surface area contributed by atoms with Gasteiger partial charge in [0.15, 0.2) is 0 Å². The number of hydrogen-bond acceptors (Lipinski definition) is 4. The number of benzene rings is 8. The summed E-state index contributed by atoms with van der Waals surface area (Å²) in [5.41, 5.74) is 16.7. The lowest BCUT2D eigenvalue weighted by Crippen LogP contribution is -2.32. The average Bonchev–Trinajstić information content (AvgIpc) is 3.69. The molecule has 2 unspecified atom stereocenters. The molecule has 4 nitrogen and oxygen atoms in total. The van der Waals surface area contributed by atoms with E-state index in [0.717, 1.165) is 65.1 Å². The van der Waals surface area contributed by atoms with Crippen LogP contribution in [-0.4, -0.2) is 23.2 Å². The Bertz CT molecular complexity index is 3480. The zero-order valence-corrected chi connectivity index (χ0v) is 41.3. The highest BCUT2D eigenvalue weighted by atomic mass is 16.5. The predicted molar refractivity (Wildman–Crippen MR) is 296 cm³/mol. The molecule has 2 aliphatic carbocycles. The first-order valence-corrected chi connectivity index (χ1v) is 25.4. The minimum Gasteiger partial charge on any atom is -0.481 e. The molecule has 0 saturated carbocycles. The largest absolute Gasteiger partial charge is 0.481 e. The van der Waals surface area contributed by atoms with E-state index in [4.69, 9.17) is 9.47 Å². The van der Waals surface area contributed by atoms with Gasteiger partial charge in [-0.1, -0.05) is 145 Å². The van der Waals surface area contributed by atoms with Crippen molar-refractivity contribution in [2.24, 2.45) is 0 Å². The molecule has 0 saturated heterocycles. The van der Waals surface area contributed by atoms with Gasteiger partial charge in [0.2, 0.25) is 0 Å². The normalized spacial score (nSPS) is 16.5. The summed E-state index contributed by atoms with van der Waals surface area (Å²) in [6, 6.07) is 68.1. The van der Waals surface area contributed by atoms with Crippen LogP contribution in [0.25, 0.3) is 21.5 Å². The summed E-state index contributed by atoms with van der Waals surface area (Å²) in [7, 11) is 0. The van der Waals surface area contributed by atoms with E-state index < -0.39 is 10.8 Å². The molecule has 0 radical (unpaired) electrons. The van der Waals surface area contributed by atoms with E-state index in [2.05, 4.69) is 228 Å². The second-order valence-electron chi connectivity index (χ2n) is 19.3. The van der Waals surface area contributed by atoms with Crippen LogP contribution in [0.15, 0.2) is 207 Å². The van der Waals surface area contributed by atoms with Crippen molar-refractivity contribution in [2.45, 2.75) is 56.8 Å². The molecule has 2 aliphatic rings. The summed E-state index contributed by atoms with van der Waals surface area (Å²) >= 11 is 0. The van der Waals surface area contributed by atoms with E-state index >= 15 is 0 Å². The Morgan fingerprint density at radius 3 is 1.23 bits per heavy atom. The van der Waals surface area contributed by atoms with Crippen LogP contribution in [0.4, 0.5) is 0 Å². The quantitative estimate of drug-likeness (QED) is 0.128. The molecular weight excluding hydrogens is 889 g/mol. The molecule has 0 spiro atoms. The SMILES string of the molecule is CC#CCOc1ccc2cc(C3(c4ccc(Cc5ccc(C6(c7ccc8cc(OCC#CC)ccc8c7)c7ccccc7CCc7cnccc76)cc5)cc4)c4ccccc4CCc4cnccc43)ccc2c1. The van der Waals surface area contributed by atoms with Crippen molar-refractivity contribution in [1.29, 1.82) is 0 Å². The topological polar surface area (TPSA) is 44.2 Å². The minimum atomic E-state index is -0.580. The molecule has 0 amide bonds. The third-order valence-electron chi connectivity index (χ3n) is 15.4. The number of fused-ring (bicyclic) bond motifs is 6. The van der Waals surface area contributed by atoms with Crippen LogP contribution in [0.3, 0.4) is 0 Å². The highest BCUT2D eigenvalue weighted by Gasteiger charge is 2.44. The molecule has 0 bridgehead atoms. The number of aryl methyl sites for hydroxylation is 4. The number of ether oxygens (including phenoxy) is 2. The molecule has 73 heavy (non-hydrogen) atoms. The van der Waals surface area contributed by atoms with E-state index in [9.17, 15) is 0 Å². The Balaban J connectivity index is 0.943. The molecule has 4 heteroatoms. The van der Waals surface area contributed by atoms with E-state index in [0.29, 0.717) is 13.2 Å². The van der Waals surface area contributed by atoms with Gasteiger partial charge in [0, 0.05) is 24.8 Å². The second-order valence-corrected chi connectivity index (χ2v) is 19.3. The third kappa shape index (κ3) is 8.11. The number of hydrogen-bond donors (Lipinski definition) is 0. The highest BCUT2D eigenvalue weighted by Crippen LogP contribution is 2.52. The first kappa shape index (κ1) is 45.4. The van der Waals surface area contributed by atoms with Gasteiger partial charge in [-0.25, -0.2) is 0 Å². The summed E-state index contributed by atoms with van der Waals surface area (Å²) in [6.45, 7) is 4.41. The molecule has 2 aromatic heterocycles. The summed E-state index contributed by atoms with van der Waals surface area (Å²) in [5.74, 6) is 13.5. The van der Waals surface area contributed by atoms with Crippen LogP contribution in [0.5, 0.6) is 11.5 Å². The summed E-state index contributed by atoms with van der Waals surface area (Å²) in [6.07, 6.45) is 12.6. The minimum absolute atomic E-state index is 0.371. The lowest BCUT2D eigenvalue weighted by atomic mass is 9.63. The first-order valence-electron chi connectivity index (χ1n) is 25.4. The van der Waals surface area contributed by atoms with Crippen molar-refractivity contribution < 1.29 is 9.47 Å². The predicted octanol–water partition coefficient (Wildman–Crippen LogP) is 14.1. The van der Waals surface area contributed by atoms with Crippen molar-refractivity contribution in [2.75, 3.05) is 13.2 Å². The monoisotopic (exact) mass is 942 g/mol. The van der Waals surface area contributed by atoms with E-state index in [1.165, 1.54) is 77.9 Å². The van der Waals surface area contributed by atoms with Gasteiger partial charge in [-0.3, -0.25) is 9.97 Å². The van der Waals surface area contributed by atoms with Crippen molar-refractivity contribution in [3.05, 3.63) is 285 Å². The van der Waals surface area contributed by atoms with Crippen molar-refractivity contribution in [3.8, 4) is 35.2 Å². The van der Waals surface area contributed by atoms with Gasteiger partial charge >= 0.3 is 0 Å². The maximum absolute atomic E-state index is 5.98. The molecule has 8 aromatic carbocycles. The maximum atomic E-state index is 5.98. The lowest BCUT2D eigenvalue weighted by molar-refractivity contribution is 0.370. The van der Waals surface area contributed by atoms with E-state index in [-0.39, 0.29) is 0 Å². The smallest absolute Gasteiger partial charge is 0.149 e. The van der Waals surface area contributed by atoms with Crippen LogP contribution >= 0.6 is 0 Å². The first-order chi connectivity index (χ1) is 36.1. The lowest BCUT2D eigenvalue weighted by Gasteiger charge is -2.38. The second kappa shape index (κ2) is 19.5. The zero-order valence-electron chi connectivity index (χ0n) is 41.3. The Morgan fingerprint density at radius 2 is 0.781 bits per heavy atom. The molecule has 352 valence electrons. The van der Waals surface area contributed by atoms with Gasteiger partial charge in [-0.15, -0.1) is 11.8 Å².